The topological polar surface area (TPSA) is 95.9 Å². The number of rotatable bonds is 53. The first kappa shape index (κ1) is 63.1. The van der Waals surface area contributed by atoms with E-state index < -0.39 is 12.1 Å². The summed E-state index contributed by atoms with van der Waals surface area (Å²) >= 11 is 0. The van der Waals surface area contributed by atoms with E-state index in [2.05, 4.69) is 43.5 Å². The zero-order valence-corrected chi connectivity index (χ0v) is 43.5. The van der Waals surface area contributed by atoms with Gasteiger partial charge in [0.1, 0.15) is 0 Å². The molecule has 0 fully saturated rings. The summed E-state index contributed by atoms with van der Waals surface area (Å²) in [6, 6.07) is -0.633. The van der Waals surface area contributed by atoms with Crippen molar-refractivity contribution in [3.05, 3.63) is 36.5 Å². The molecule has 0 saturated heterocycles. The fraction of sp³-hybridized carbons (Fsp3) is 0.864. The minimum absolute atomic E-state index is 0.00180. The second-order valence-corrected chi connectivity index (χ2v) is 19.6. The minimum atomic E-state index is -0.849. The molecule has 0 heterocycles. The molecule has 6 nitrogen and oxygen atoms in total. The van der Waals surface area contributed by atoms with Gasteiger partial charge in [-0.15, -0.1) is 0 Å². The Balaban J connectivity index is 3.43. The van der Waals surface area contributed by atoms with E-state index in [1.165, 1.54) is 225 Å². The van der Waals surface area contributed by atoms with Crippen molar-refractivity contribution in [2.24, 2.45) is 0 Å². The SMILES string of the molecule is CCCCCCCC/C=C\CCCCCCCCCC(=O)OCCCCCCCCCCC/C=C\CCCCCCCCCC(=O)NC(CO)C(O)/C=C/CCCCCCCCCCC. The predicted octanol–water partition coefficient (Wildman–Crippen LogP) is 17.6. The van der Waals surface area contributed by atoms with E-state index in [0.29, 0.717) is 19.4 Å². The van der Waals surface area contributed by atoms with Gasteiger partial charge in [0, 0.05) is 12.8 Å². The maximum atomic E-state index is 12.4. The Morgan fingerprint density at radius 1 is 0.415 bits per heavy atom. The summed E-state index contributed by atoms with van der Waals surface area (Å²) in [4.78, 5) is 24.5. The van der Waals surface area contributed by atoms with Crippen LogP contribution in [0.15, 0.2) is 36.5 Å². The van der Waals surface area contributed by atoms with Crippen molar-refractivity contribution in [1.82, 2.24) is 5.32 Å². The van der Waals surface area contributed by atoms with Gasteiger partial charge in [0.2, 0.25) is 5.91 Å². The Kier molecular flexibility index (Phi) is 53.1. The number of hydrogen-bond donors (Lipinski definition) is 3. The van der Waals surface area contributed by atoms with Gasteiger partial charge in [-0.05, 0) is 83.5 Å². The Hall–Kier alpha value is -1.92. The lowest BCUT2D eigenvalue weighted by Gasteiger charge is -2.20. The zero-order valence-electron chi connectivity index (χ0n) is 43.5. The summed E-state index contributed by atoms with van der Waals surface area (Å²) in [7, 11) is 0. The standard InChI is InChI=1S/C59H111NO5/c1-3-5-7-9-11-13-15-16-17-22-26-29-33-37-41-45-49-53-59(64)65-54-50-46-42-38-34-30-27-24-21-19-18-20-23-25-28-32-36-40-44-48-52-58(63)60-56(55-61)57(62)51-47-43-39-35-31-14-12-10-8-6-4-2/h16-18,20,47,51,56-57,61-62H,3-15,19,21-46,48-50,52-55H2,1-2H3,(H,60,63)/b17-16-,20-18-,51-47+. The molecule has 6 heteroatoms. The van der Waals surface area contributed by atoms with Gasteiger partial charge in [-0.2, -0.15) is 0 Å². The van der Waals surface area contributed by atoms with E-state index in [1.807, 2.05) is 6.08 Å². The number of aliphatic hydroxyl groups excluding tert-OH is 2. The van der Waals surface area contributed by atoms with Crippen molar-refractivity contribution in [3.63, 3.8) is 0 Å². The molecule has 0 bridgehead atoms. The first-order valence-corrected chi connectivity index (χ1v) is 28.8. The minimum Gasteiger partial charge on any atom is -0.466 e. The average Bonchev–Trinajstić information content (AvgIpc) is 3.31. The Labute approximate surface area is 404 Å². The molecule has 0 aliphatic rings. The van der Waals surface area contributed by atoms with Crippen molar-refractivity contribution in [2.45, 2.75) is 315 Å². The fourth-order valence-corrected chi connectivity index (χ4v) is 8.68. The lowest BCUT2D eigenvalue weighted by atomic mass is 10.1. The van der Waals surface area contributed by atoms with E-state index in [-0.39, 0.29) is 18.5 Å². The van der Waals surface area contributed by atoms with E-state index in [1.54, 1.807) is 6.08 Å². The normalized spacial score (nSPS) is 12.9. The summed E-state index contributed by atoms with van der Waals surface area (Å²) in [6.45, 7) is 4.88. The number of esters is 1. The number of nitrogens with one attached hydrogen (secondary N) is 1. The molecular formula is C59H111NO5. The number of hydrogen-bond acceptors (Lipinski definition) is 5. The molecule has 0 aromatic carbocycles. The van der Waals surface area contributed by atoms with Crippen LogP contribution in [-0.4, -0.2) is 47.4 Å². The number of aliphatic hydroxyl groups is 2. The molecule has 0 aliphatic carbocycles. The third-order valence-corrected chi connectivity index (χ3v) is 13.1. The smallest absolute Gasteiger partial charge is 0.305 e. The van der Waals surface area contributed by atoms with Gasteiger partial charge < -0.3 is 20.3 Å². The van der Waals surface area contributed by atoms with E-state index >= 15 is 0 Å². The zero-order chi connectivity index (χ0) is 47.2. The monoisotopic (exact) mass is 914 g/mol. The summed E-state index contributed by atoms with van der Waals surface area (Å²) in [6.07, 6.45) is 67.4. The lowest BCUT2D eigenvalue weighted by Crippen LogP contribution is -2.45. The molecule has 0 aromatic heterocycles. The molecule has 0 aliphatic heterocycles. The van der Waals surface area contributed by atoms with Gasteiger partial charge in [0.15, 0.2) is 0 Å². The highest BCUT2D eigenvalue weighted by molar-refractivity contribution is 5.76. The summed E-state index contributed by atoms with van der Waals surface area (Å²) in [5, 5.41) is 23.0. The van der Waals surface area contributed by atoms with E-state index in [4.69, 9.17) is 4.74 Å². The number of unbranched alkanes of at least 4 members (excludes halogenated alkanes) is 38. The van der Waals surface area contributed by atoms with Crippen molar-refractivity contribution < 1.29 is 24.5 Å². The average molecular weight is 915 g/mol. The Morgan fingerprint density at radius 2 is 0.723 bits per heavy atom. The fourth-order valence-electron chi connectivity index (χ4n) is 8.68. The van der Waals surface area contributed by atoms with Gasteiger partial charge >= 0.3 is 5.97 Å². The highest BCUT2D eigenvalue weighted by atomic mass is 16.5. The first-order valence-electron chi connectivity index (χ1n) is 28.8. The summed E-state index contributed by atoms with van der Waals surface area (Å²) in [5.74, 6) is -0.0764. The summed E-state index contributed by atoms with van der Waals surface area (Å²) in [5.41, 5.74) is 0. The molecule has 0 saturated carbocycles. The quantitative estimate of drug-likeness (QED) is 0.0321. The molecule has 0 rings (SSSR count). The number of allylic oxidation sites excluding steroid dienone is 5. The third kappa shape index (κ3) is 51.3. The van der Waals surface area contributed by atoms with E-state index in [0.717, 1.165) is 51.4 Å². The second-order valence-electron chi connectivity index (χ2n) is 19.6. The highest BCUT2D eigenvalue weighted by Crippen LogP contribution is 2.16. The maximum Gasteiger partial charge on any atom is 0.305 e. The molecule has 2 atom stereocenters. The van der Waals surface area contributed by atoms with Crippen molar-refractivity contribution >= 4 is 11.9 Å². The van der Waals surface area contributed by atoms with Crippen LogP contribution in [-0.2, 0) is 14.3 Å². The summed E-state index contributed by atoms with van der Waals surface area (Å²) < 4.78 is 5.48. The number of carbonyl (C=O) groups is 2. The Bertz CT molecular complexity index is 1060. The molecule has 3 N–H and O–H groups in total. The van der Waals surface area contributed by atoms with Gasteiger partial charge in [-0.25, -0.2) is 0 Å². The van der Waals surface area contributed by atoms with Crippen molar-refractivity contribution in [1.29, 1.82) is 0 Å². The number of ether oxygens (including phenoxy) is 1. The molecule has 0 radical (unpaired) electrons. The molecule has 1 amide bonds. The van der Waals surface area contributed by atoms with Crippen molar-refractivity contribution in [3.8, 4) is 0 Å². The molecular weight excluding hydrogens is 803 g/mol. The molecule has 0 spiro atoms. The second kappa shape index (κ2) is 54.7. The van der Waals surface area contributed by atoms with Crippen LogP contribution in [0.2, 0.25) is 0 Å². The molecule has 65 heavy (non-hydrogen) atoms. The van der Waals surface area contributed by atoms with Gasteiger partial charge in [-0.1, -0.05) is 243 Å². The lowest BCUT2D eigenvalue weighted by molar-refractivity contribution is -0.143. The van der Waals surface area contributed by atoms with Crippen LogP contribution in [0.3, 0.4) is 0 Å². The predicted molar refractivity (Wildman–Crippen MR) is 283 cm³/mol. The third-order valence-electron chi connectivity index (χ3n) is 13.1. The molecule has 382 valence electrons. The van der Waals surface area contributed by atoms with Crippen LogP contribution >= 0.6 is 0 Å². The largest absolute Gasteiger partial charge is 0.466 e. The van der Waals surface area contributed by atoms with Crippen LogP contribution in [0.5, 0.6) is 0 Å². The first-order chi connectivity index (χ1) is 32.0. The molecule has 0 aromatic rings. The Morgan fingerprint density at radius 3 is 1.09 bits per heavy atom. The van der Waals surface area contributed by atoms with Gasteiger partial charge in [-0.3, -0.25) is 9.59 Å². The van der Waals surface area contributed by atoms with E-state index in [9.17, 15) is 19.8 Å². The van der Waals surface area contributed by atoms with Gasteiger partial charge in [0.05, 0.1) is 25.4 Å². The highest BCUT2D eigenvalue weighted by Gasteiger charge is 2.18. The number of amides is 1. The van der Waals surface area contributed by atoms with Crippen LogP contribution in [0.25, 0.3) is 0 Å². The van der Waals surface area contributed by atoms with Crippen molar-refractivity contribution in [2.75, 3.05) is 13.2 Å². The number of carbonyl (C=O) groups excluding carboxylic acids is 2. The molecule has 2 unspecified atom stereocenters. The van der Waals surface area contributed by atoms with Crippen LogP contribution in [0.4, 0.5) is 0 Å². The maximum absolute atomic E-state index is 12.4. The van der Waals surface area contributed by atoms with Crippen LogP contribution in [0, 0.1) is 0 Å². The van der Waals surface area contributed by atoms with Gasteiger partial charge in [0.25, 0.3) is 0 Å². The van der Waals surface area contributed by atoms with Crippen LogP contribution in [0.1, 0.15) is 303 Å². The van der Waals surface area contributed by atoms with Crippen LogP contribution < -0.4 is 5.32 Å².